The van der Waals surface area contributed by atoms with Crippen LogP contribution in [0, 0.1) is 12.8 Å². The molecule has 0 saturated heterocycles. The van der Waals surface area contributed by atoms with Crippen molar-refractivity contribution >= 4 is 0 Å². The maximum absolute atomic E-state index is 5.73. The summed E-state index contributed by atoms with van der Waals surface area (Å²) < 4.78 is 5.73. The molecule has 1 atom stereocenters. The highest BCUT2D eigenvalue weighted by molar-refractivity contribution is 5.37. The first-order valence-corrected chi connectivity index (χ1v) is 8.10. The molecule has 0 heterocycles. The normalized spacial score (nSPS) is 12.4. The molecule has 2 nitrogen and oxygen atoms in total. The van der Waals surface area contributed by atoms with Crippen molar-refractivity contribution in [2.45, 2.75) is 53.4 Å². The van der Waals surface area contributed by atoms with Gasteiger partial charge in [-0.15, -0.1) is 0 Å². The number of rotatable bonds is 10. The molecule has 0 amide bonds. The van der Waals surface area contributed by atoms with Crippen molar-refractivity contribution in [2.75, 3.05) is 19.7 Å². The van der Waals surface area contributed by atoms with Gasteiger partial charge in [0.15, 0.2) is 0 Å². The van der Waals surface area contributed by atoms with Crippen LogP contribution in [0.15, 0.2) is 18.2 Å². The Morgan fingerprint density at radius 2 is 1.95 bits per heavy atom. The van der Waals surface area contributed by atoms with E-state index in [-0.39, 0.29) is 0 Å². The van der Waals surface area contributed by atoms with Gasteiger partial charge in [0, 0.05) is 0 Å². The van der Waals surface area contributed by atoms with E-state index in [0.717, 1.165) is 37.8 Å². The average molecular weight is 277 g/mol. The first-order valence-electron chi connectivity index (χ1n) is 8.10. The fraction of sp³-hybridized carbons (Fsp3) is 0.667. The Labute approximate surface area is 124 Å². The highest BCUT2D eigenvalue weighted by Gasteiger charge is 2.07. The molecule has 0 bridgehead atoms. The molecule has 0 spiro atoms. The molecule has 0 saturated carbocycles. The van der Waals surface area contributed by atoms with Crippen LogP contribution in [-0.2, 0) is 6.42 Å². The molecule has 20 heavy (non-hydrogen) atoms. The predicted molar refractivity (Wildman–Crippen MR) is 87.6 cm³/mol. The number of aryl methyl sites for hydroxylation is 2. The van der Waals surface area contributed by atoms with E-state index in [4.69, 9.17) is 4.74 Å². The quantitative estimate of drug-likeness (QED) is 0.642. The molecule has 0 fully saturated rings. The van der Waals surface area contributed by atoms with Crippen molar-refractivity contribution in [2.24, 2.45) is 5.92 Å². The van der Waals surface area contributed by atoms with Crippen LogP contribution in [0.4, 0.5) is 0 Å². The first-order chi connectivity index (χ1) is 9.67. The van der Waals surface area contributed by atoms with Gasteiger partial charge in [0.2, 0.25) is 0 Å². The Balaban J connectivity index is 2.41. The molecule has 114 valence electrons. The van der Waals surface area contributed by atoms with Gasteiger partial charge >= 0.3 is 0 Å². The summed E-state index contributed by atoms with van der Waals surface area (Å²) in [4.78, 5) is 0. The van der Waals surface area contributed by atoms with Crippen LogP contribution in [0.2, 0.25) is 0 Å². The predicted octanol–water partition coefficient (Wildman–Crippen LogP) is 4.35. The largest absolute Gasteiger partial charge is 0.494 e. The second-order valence-electron chi connectivity index (χ2n) is 5.73. The third-order valence-corrected chi connectivity index (χ3v) is 3.66. The fourth-order valence-electron chi connectivity index (χ4n) is 2.40. The molecule has 0 aliphatic rings. The van der Waals surface area contributed by atoms with Gasteiger partial charge in [-0.3, -0.25) is 0 Å². The zero-order chi connectivity index (χ0) is 14.8. The molecule has 1 N–H and O–H groups in total. The molecule has 1 rings (SSSR count). The summed E-state index contributed by atoms with van der Waals surface area (Å²) in [7, 11) is 0. The summed E-state index contributed by atoms with van der Waals surface area (Å²) in [5, 5.41) is 3.48. The lowest BCUT2D eigenvalue weighted by molar-refractivity contribution is 0.335. The lowest BCUT2D eigenvalue weighted by atomic mass is 9.97. The van der Waals surface area contributed by atoms with Crippen LogP contribution in [-0.4, -0.2) is 19.7 Å². The van der Waals surface area contributed by atoms with E-state index in [9.17, 15) is 0 Å². The van der Waals surface area contributed by atoms with Crippen LogP contribution >= 0.6 is 0 Å². The minimum atomic E-state index is 0.743. The summed E-state index contributed by atoms with van der Waals surface area (Å²) >= 11 is 0. The molecule has 0 aliphatic heterocycles. The summed E-state index contributed by atoms with van der Waals surface area (Å²) in [6.07, 6.45) is 4.83. The molecule has 0 aliphatic carbocycles. The third-order valence-electron chi connectivity index (χ3n) is 3.66. The number of nitrogens with one attached hydrogen (secondary N) is 1. The van der Waals surface area contributed by atoms with E-state index < -0.39 is 0 Å². The molecule has 0 aromatic heterocycles. The highest BCUT2D eigenvalue weighted by atomic mass is 16.5. The summed E-state index contributed by atoms with van der Waals surface area (Å²) in [6, 6.07) is 6.52. The van der Waals surface area contributed by atoms with E-state index >= 15 is 0 Å². The number of hydrogen-bond donors (Lipinski definition) is 1. The van der Waals surface area contributed by atoms with Gasteiger partial charge in [0.25, 0.3) is 0 Å². The van der Waals surface area contributed by atoms with E-state index in [1.807, 2.05) is 6.92 Å². The van der Waals surface area contributed by atoms with Crippen LogP contribution in [0.5, 0.6) is 5.75 Å². The lowest BCUT2D eigenvalue weighted by Gasteiger charge is -2.15. The van der Waals surface area contributed by atoms with E-state index in [1.165, 1.54) is 30.4 Å². The first kappa shape index (κ1) is 17.0. The maximum Gasteiger partial charge on any atom is 0.122 e. The Bertz CT molecular complexity index is 376. The second kappa shape index (κ2) is 9.82. The van der Waals surface area contributed by atoms with Crippen molar-refractivity contribution in [1.82, 2.24) is 5.32 Å². The van der Waals surface area contributed by atoms with Gasteiger partial charge in [0.05, 0.1) is 6.61 Å². The number of benzene rings is 1. The van der Waals surface area contributed by atoms with E-state index in [0.29, 0.717) is 0 Å². The molecule has 2 heteroatoms. The lowest BCUT2D eigenvalue weighted by Crippen LogP contribution is -2.18. The summed E-state index contributed by atoms with van der Waals surface area (Å²) in [5.74, 6) is 1.82. The Morgan fingerprint density at radius 1 is 1.15 bits per heavy atom. The van der Waals surface area contributed by atoms with Crippen molar-refractivity contribution in [3.8, 4) is 5.75 Å². The summed E-state index contributed by atoms with van der Waals surface area (Å²) in [5.41, 5.74) is 2.68. The van der Waals surface area contributed by atoms with Gasteiger partial charge in [-0.25, -0.2) is 0 Å². The molecular weight excluding hydrogens is 246 g/mol. The third kappa shape index (κ3) is 6.42. The SMILES string of the molecule is CCCNCCC(C)CCc1cc(C)ccc1OCC. The van der Waals surface area contributed by atoms with Crippen molar-refractivity contribution in [3.05, 3.63) is 29.3 Å². The van der Waals surface area contributed by atoms with Crippen LogP contribution in [0.25, 0.3) is 0 Å². The standard InChI is InChI=1S/C18H31NO/c1-5-12-19-13-11-15(3)7-9-17-14-16(4)8-10-18(17)20-6-2/h8,10,14-15,19H,5-7,9,11-13H2,1-4H3. The van der Waals surface area contributed by atoms with Crippen molar-refractivity contribution in [3.63, 3.8) is 0 Å². The topological polar surface area (TPSA) is 21.3 Å². The smallest absolute Gasteiger partial charge is 0.122 e. The van der Waals surface area contributed by atoms with Crippen molar-refractivity contribution in [1.29, 1.82) is 0 Å². The Kier molecular flexibility index (Phi) is 8.36. The van der Waals surface area contributed by atoms with E-state index in [2.05, 4.69) is 44.3 Å². The molecule has 1 unspecified atom stereocenters. The van der Waals surface area contributed by atoms with Gasteiger partial charge < -0.3 is 10.1 Å². The molecular formula is C18H31NO. The highest BCUT2D eigenvalue weighted by Crippen LogP contribution is 2.23. The van der Waals surface area contributed by atoms with Gasteiger partial charge in [-0.1, -0.05) is 31.5 Å². The second-order valence-corrected chi connectivity index (χ2v) is 5.73. The van der Waals surface area contributed by atoms with E-state index in [1.54, 1.807) is 0 Å². The zero-order valence-corrected chi connectivity index (χ0v) is 13.7. The van der Waals surface area contributed by atoms with Crippen LogP contribution in [0.3, 0.4) is 0 Å². The summed E-state index contributed by atoms with van der Waals surface area (Å²) in [6.45, 7) is 11.8. The molecule has 1 aromatic rings. The average Bonchev–Trinajstić information content (AvgIpc) is 2.44. The van der Waals surface area contributed by atoms with Crippen LogP contribution in [0.1, 0.15) is 51.2 Å². The maximum atomic E-state index is 5.73. The van der Waals surface area contributed by atoms with Gasteiger partial charge in [-0.2, -0.15) is 0 Å². The molecule has 1 aromatic carbocycles. The van der Waals surface area contributed by atoms with Gasteiger partial charge in [-0.05, 0) is 70.2 Å². The van der Waals surface area contributed by atoms with Crippen LogP contribution < -0.4 is 10.1 Å². The zero-order valence-electron chi connectivity index (χ0n) is 13.7. The minimum absolute atomic E-state index is 0.743. The fourth-order valence-corrected chi connectivity index (χ4v) is 2.40. The minimum Gasteiger partial charge on any atom is -0.494 e. The Morgan fingerprint density at radius 3 is 2.65 bits per heavy atom. The van der Waals surface area contributed by atoms with Crippen molar-refractivity contribution < 1.29 is 4.74 Å². The number of ether oxygens (including phenoxy) is 1. The van der Waals surface area contributed by atoms with Gasteiger partial charge in [0.1, 0.15) is 5.75 Å². The number of hydrogen-bond acceptors (Lipinski definition) is 2. The Hall–Kier alpha value is -1.02. The monoisotopic (exact) mass is 277 g/mol. The molecule has 0 radical (unpaired) electrons.